The highest BCUT2D eigenvalue weighted by Crippen LogP contribution is 2.65. The third kappa shape index (κ3) is 1.21. The molecule has 2 aliphatic heterocycles. The Morgan fingerprint density at radius 3 is 3.00 bits per heavy atom. The summed E-state index contributed by atoms with van der Waals surface area (Å²) < 4.78 is 5.85. The summed E-state index contributed by atoms with van der Waals surface area (Å²) in [6.07, 6.45) is 6.90. The Bertz CT molecular complexity index is 680. The zero-order chi connectivity index (χ0) is 15.3. The van der Waals surface area contributed by atoms with E-state index in [4.69, 9.17) is 4.74 Å². The van der Waals surface area contributed by atoms with E-state index in [1.54, 1.807) is 12.2 Å². The fourth-order valence-electron chi connectivity index (χ4n) is 5.46. The monoisotopic (exact) mass is 301 g/mol. The Balaban J connectivity index is 1.83. The van der Waals surface area contributed by atoms with Gasteiger partial charge in [0.25, 0.3) is 0 Å². The highest BCUT2D eigenvalue weighted by molar-refractivity contribution is 5.97. The van der Waals surface area contributed by atoms with Crippen LogP contribution in [0.15, 0.2) is 35.5 Å². The predicted molar refractivity (Wildman–Crippen MR) is 77.7 cm³/mol. The lowest BCUT2D eigenvalue weighted by atomic mass is 9.52. The zero-order valence-corrected chi connectivity index (χ0v) is 12.4. The highest BCUT2D eigenvalue weighted by Gasteiger charge is 2.71. The second-order valence-corrected chi connectivity index (χ2v) is 7.23. The number of allylic oxidation sites excluding steroid dienone is 1. The Morgan fingerprint density at radius 2 is 2.18 bits per heavy atom. The van der Waals surface area contributed by atoms with Crippen LogP contribution in [0.5, 0.6) is 0 Å². The van der Waals surface area contributed by atoms with Crippen LogP contribution in [0.25, 0.3) is 0 Å². The molecule has 5 aliphatic rings. The lowest BCUT2D eigenvalue weighted by molar-refractivity contribution is -0.217. The fraction of sp³-hybridized carbons (Fsp3) is 0.588. The summed E-state index contributed by atoms with van der Waals surface area (Å²) in [4.78, 5) is 14.8. The standard InChI is InChI=1S/C17H19NO4/c1-18-7-6-16-10-3-4-12(19)15(16)22-17(21)13(20)5-2-9(14(16)17)8-11(10)18/h2-5,10-11,13,15,20-21H,6-8H2,1H3/t10-,11+,13?,15-,16-,17?/m0/s1. The van der Waals surface area contributed by atoms with E-state index in [0.29, 0.717) is 6.04 Å². The van der Waals surface area contributed by atoms with Gasteiger partial charge in [0.1, 0.15) is 12.2 Å². The molecule has 3 aliphatic carbocycles. The van der Waals surface area contributed by atoms with E-state index in [2.05, 4.69) is 11.9 Å². The van der Waals surface area contributed by atoms with Crippen molar-refractivity contribution in [2.24, 2.45) is 11.3 Å². The Hall–Kier alpha value is -1.27. The van der Waals surface area contributed by atoms with Crippen LogP contribution in [0.4, 0.5) is 0 Å². The largest absolute Gasteiger partial charge is 0.383 e. The molecular formula is C17H19NO4. The average molecular weight is 301 g/mol. The van der Waals surface area contributed by atoms with Crippen LogP contribution in [-0.2, 0) is 9.53 Å². The molecule has 6 atom stereocenters. The molecular weight excluding hydrogens is 282 g/mol. The van der Waals surface area contributed by atoms with Crippen LogP contribution in [0.3, 0.4) is 0 Å². The molecule has 0 saturated carbocycles. The Labute approximate surface area is 128 Å². The number of ketones is 1. The van der Waals surface area contributed by atoms with Crippen LogP contribution in [0.1, 0.15) is 12.8 Å². The second-order valence-electron chi connectivity index (χ2n) is 7.23. The van der Waals surface area contributed by atoms with Gasteiger partial charge >= 0.3 is 0 Å². The van der Waals surface area contributed by atoms with Crippen molar-refractivity contribution in [2.45, 2.75) is 36.9 Å². The number of aliphatic hydroxyl groups is 2. The lowest BCUT2D eigenvalue weighted by Gasteiger charge is -2.56. The van der Waals surface area contributed by atoms with Gasteiger partial charge in [-0.3, -0.25) is 4.79 Å². The Kier molecular flexibility index (Phi) is 2.27. The van der Waals surface area contributed by atoms with Gasteiger partial charge in [-0.1, -0.05) is 18.2 Å². The number of hydrogen-bond donors (Lipinski definition) is 2. The van der Waals surface area contributed by atoms with Crippen molar-refractivity contribution in [3.8, 4) is 0 Å². The van der Waals surface area contributed by atoms with Gasteiger partial charge in [0.2, 0.25) is 5.79 Å². The summed E-state index contributed by atoms with van der Waals surface area (Å²) in [5.41, 5.74) is 1.31. The SMILES string of the molecule is CN1CC[C@]23C4=C5C=CC(O)C4(O)O[C@H]2C(=O)C=C[C@H]3[C@H]1C5. The van der Waals surface area contributed by atoms with Crippen molar-refractivity contribution in [1.29, 1.82) is 0 Å². The molecule has 1 spiro atoms. The number of nitrogens with zero attached hydrogens (tertiary/aromatic N) is 1. The van der Waals surface area contributed by atoms with Gasteiger partial charge in [-0.25, -0.2) is 0 Å². The minimum absolute atomic E-state index is 0.0941. The van der Waals surface area contributed by atoms with Gasteiger partial charge in [0, 0.05) is 22.9 Å². The molecule has 5 heteroatoms. The van der Waals surface area contributed by atoms with E-state index >= 15 is 0 Å². The van der Waals surface area contributed by atoms with E-state index in [-0.39, 0.29) is 11.7 Å². The van der Waals surface area contributed by atoms with Crippen molar-refractivity contribution in [2.75, 3.05) is 13.6 Å². The second kappa shape index (κ2) is 3.79. The maximum atomic E-state index is 12.5. The number of likely N-dealkylation sites (tertiary alicyclic amines) is 1. The van der Waals surface area contributed by atoms with E-state index < -0.39 is 23.4 Å². The number of carbonyl (C=O) groups is 1. The van der Waals surface area contributed by atoms with Crippen LogP contribution in [0, 0.1) is 11.3 Å². The maximum absolute atomic E-state index is 12.5. The molecule has 0 aromatic carbocycles. The number of piperidine rings is 1. The van der Waals surface area contributed by atoms with Gasteiger partial charge in [0.15, 0.2) is 5.78 Å². The third-order valence-corrected chi connectivity index (χ3v) is 6.40. The normalized spacial score (nSPS) is 52.2. The molecule has 116 valence electrons. The lowest BCUT2D eigenvalue weighted by Crippen LogP contribution is -2.61. The van der Waals surface area contributed by atoms with Gasteiger partial charge < -0.3 is 19.8 Å². The average Bonchev–Trinajstić information content (AvgIpc) is 2.78. The van der Waals surface area contributed by atoms with Crippen LogP contribution in [0.2, 0.25) is 0 Å². The molecule has 5 nitrogen and oxygen atoms in total. The van der Waals surface area contributed by atoms with Crippen molar-refractivity contribution in [1.82, 2.24) is 4.90 Å². The quantitative estimate of drug-likeness (QED) is 0.666. The van der Waals surface area contributed by atoms with Crippen molar-refractivity contribution in [3.63, 3.8) is 0 Å². The van der Waals surface area contributed by atoms with Crippen molar-refractivity contribution in [3.05, 3.63) is 35.5 Å². The number of hydrogen-bond acceptors (Lipinski definition) is 5. The van der Waals surface area contributed by atoms with Gasteiger partial charge in [-0.15, -0.1) is 0 Å². The molecule has 2 N–H and O–H groups in total. The van der Waals surface area contributed by atoms with Crippen LogP contribution >= 0.6 is 0 Å². The first-order valence-electron chi connectivity index (χ1n) is 7.91. The van der Waals surface area contributed by atoms with E-state index in [1.807, 2.05) is 12.2 Å². The topological polar surface area (TPSA) is 70.0 Å². The summed E-state index contributed by atoms with van der Waals surface area (Å²) in [7, 11) is 2.12. The fourth-order valence-corrected chi connectivity index (χ4v) is 5.46. The smallest absolute Gasteiger partial charge is 0.220 e. The number of ether oxygens (including phenoxy) is 1. The first-order chi connectivity index (χ1) is 10.5. The minimum atomic E-state index is -1.74. The van der Waals surface area contributed by atoms with Crippen LogP contribution < -0.4 is 0 Å². The van der Waals surface area contributed by atoms with E-state index in [0.717, 1.165) is 30.5 Å². The molecule has 0 radical (unpaired) electrons. The molecule has 2 bridgehead atoms. The first-order valence-corrected chi connectivity index (χ1v) is 7.91. The molecule has 0 aromatic rings. The molecule has 5 rings (SSSR count). The molecule has 2 fully saturated rings. The van der Waals surface area contributed by atoms with Gasteiger partial charge in [-0.05, 0) is 38.1 Å². The van der Waals surface area contributed by atoms with Gasteiger partial charge in [0.05, 0.1) is 0 Å². The van der Waals surface area contributed by atoms with E-state index in [1.165, 1.54) is 0 Å². The minimum Gasteiger partial charge on any atom is -0.383 e. The summed E-state index contributed by atoms with van der Waals surface area (Å²) in [5.74, 6) is -1.68. The predicted octanol–water partition coefficient (Wildman–Crippen LogP) is 0.150. The third-order valence-electron chi connectivity index (χ3n) is 6.40. The Morgan fingerprint density at radius 1 is 1.36 bits per heavy atom. The number of rotatable bonds is 0. The summed E-state index contributed by atoms with van der Waals surface area (Å²) >= 11 is 0. The zero-order valence-electron chi connectivity index (χ0n) is 12.4. The molecule has 2 heterocycles. The number of carbonyl (C=O) groups excluding carboxylic acids is 1. The molecule has 0 aromatic heterocycles. The van der Waals surface area contributed by atoms with E-state index in [9.17, 15) is 15.0 Å². The van der Waals surface area contributed by atoms with Crippen LogP contribution in [-0.4, -0.2) is 58.5 Å². The molecule has 0 amide bonds. The summed E-state index contributed by atoms with van der Waals surface area (Å²) in [6, 6.07) is 0.310. The highest BCUT2D eigenvalue weighted by atomic mass is 16.7. The summed E-state index contributed by atoms with van der Waals surface area (Å²) in [6.45, 7) is 0.870. The maximum Gasteiger partial charge on any atom is 0.220 e. The number of aliphatic hydroxyl groups excluding tert-OH is 1. The van der Waals surface area contributed by atoms with Gasteiger partial charge in [-0.2, -0.15) is 0 Å². The molecule has 22 heavy (non-hydrogen) atoms. The summed E-state index contributed by atoms with van der Waals surface area (Å²) in [5, 5.41) is 21.4. The molecule has 2 unspecified atom stereocenters. The van der Waals surface area contributed by atoms with Crippen molar-refractivity contribution < 1.29 is 19.7 Å². The van der Waals surface area contributed by atoms with Crippen molar-refractivity contribution >= 4 is 5.78 Å². The molecule has 2 saturated heterocycles. The first kappa shape index (κ1) is 13.2.